The SMILES string of the molecule is NCCCC[C@H](NC(=O)[C@H](CCCCN)NC(=O)C1(NC(=O)C2(NC(=O)[C@H](CCCCN)NC(=O)C3(NC(=O)C4(NC(=O)[C@H](CCCCN)NC(=O)[C@H](CCCCN)NC(=O)C5(N)CCCCC5)CCCCC4)CCCCC3)CCCCC2)CCCCC1)C(=O)O. The van der Waals surface area contributed by atoms with Crippen molar-refractivity contribution < 1.29 is 53.1 Å². The van der Waals surface area contributed by atoms with Crippen LogP contribution in [-0.4, -0.2) is 155 Å². The zero-order valence-corrected chi connectivity index (χ0v) is 54.7. The summed E-state index contributed by atoms with van der Waals surface area (Å²) in [6.07, 6.45) is 19.5. The molecule has 0 radical (unpaired) electrons. The van der Waals surface area contributed by atoms with E-state index < -0.39 is 117 Å². The maximum atomic E-state index is 15.3. The monoisotopic (exact) mass is 1280 g/mol. The zero-order valence-electron chi connectivity index (χ0n) is 54.7. The average Bonchev–Trinajstić information content (AvgIpc) is 0.856. The molecule has 22 N–H and O–H groups in total. The lowest BCUT2D eigenvalue weighted by atomic mass is 9.76. The van der Waals surface area contributed by atoms with Crippen LogP contribution in [0.1, 0.15) is 257 Å². The molecule has 5 atom stereocenters. The molecule has 26 nitrogen and oxygen atoms in total. The minimum atomic E-state index is -1.50. The number of hydrogen-bond acceptors (Lipinski definition) is 16. The Hall–Kier alpha value is -5.54. The minimum Gasteiger partial charge on any atom is -0.480 e. The maximum absolute atomic E-state index is 15.3. The maximum Gasteiger partial charge on any atom is 0.326 e. The number of rotatable bonds is 39. The summed E-state index contributed by atoms with van der Waals surface area (Å²) in [4.78, 5) is 145. The summed E-state index contributed by atoms with van der Waals surface area (Å²) in [6, 6.07) is -5.64. The molecule has 518 valence electrons. The van der Waals surface area contributed by atoms with Gasteiger partial charge in [0, 0.05) is 0 Å². The summed E-state index contributed by atoms with van der Waals surface area (Å²) in [5, 5.41) is 36.9. The number of carboxylic acid groups (broad SMARTS) is 1. The number of carbonyl (C=O) groups is 10. The molecular weight excluding hydrogens is 1170 g/mol. The highest BCUT2D eigenvalue weighted by atomic mass is 16.4. The van der Waals surface area contributed by atoms with E-state index in [9.17, 15) is 33.9 Å². The fourth-order valence-electron chi connectivity index (χ4n) is 14.2. The number of unbranched alkanes of at least 4 members (excludes halogenated alkanes) is 5. The Bertz CT molecular complexity index is 2350. The van der Waals surface area contributed by atoms with Crippen LogP contribution in [0.3, 0.4) is 0 Å². The van der Waals surface area contributed by atoms with Crippen molar-refractivity contribution in [3.05, 3.63) is 0 Å². The van der Waals surface area contributed by atoms with Crippen LogP contribution < -0.4 is 82.3 Å². The van der Waals surface area contributed by atoms with Crippen LogP contribution in [-0.2, 0) is 47.9 Å². The van der Waals surface area contributed by atoms with Crippen molar-refractivity contribution in [3.8, 4) is 0 Å². The fourth-order valence-corrected chi connectivity index (χ4v) is 14.2. The summed E-state index contributed by atoms with van der Waals surface area (Å²) < 4.78 is 0. The van der Waals surface area contributed by atoms with E-state index in [0.717, 1.165) is 44.9 Å². The molecule has 0 saturated heterocycles. The Balaban J connectivity index is 1.38. The number of hydrogen-bond donors (Lipinski definition) is 16. The van der Waals surface area contributed by atoms with Crippen molar-refractivity contribution in [1.29, 1.82) is 0 Å². The summed E-state index contributed by atoms with van der Waals surface area (Å²) in [6.45, 7) is 1.75. The predicted octanol–water partition coefficient (Wildman–Crippen LogP) is 2.08. The number of nitrogens with one attached hydrogen (secondary N) is 9. The lowest BCUT2D eigenvalue weighted by molar-refractivity contribution is -0.144. The van der Waals surface area contributed by atoms with Crippen LogP contribution in [0, 0.1) is 0 Å². The first-order valence-corrected chi connectivity index (χ1v) is 35.1. The molecule has 5 rings (SSSR count). The number of amides is 9. The van der Waals surface area contributed by atoms with Gasteiger partial charge in [0.1, 0.15) is 52.4 Å². The Morgan fingerprint density at radius 1 is 0.286 bits per heavy atom. The third-order valence-corrected chi connectivity index (χ3v) is 20.0. The van der Waals surface area contributed by atoms with Crippen molar-refractivity contribution in [1.82, 2.24) is 47.9 Å². The average molecular weight is 1280 g/mol. The highest BCUT2D eigenvalue weighted by molar-refractivity contribution is 6.02. The molecule has 5 aliphatic rings. The van der Waals surface area contributed by atoms with E-state index in [0.29, 0.717) is 161 Å². The second-order valence-corrected chi connectivity index (χ2v) is 27.1. The van der Waals surface area contributed by atoms with Gasteiger partial charge in [0.2, 0.25) is 53.2 Å². The van der Waals surface area contributed by atoms with Crippen molar-refractivity contribution >= 4 is 59.1 Å². The molecule has 0 aromatic carbocycles. The zero-order chi connectivity index (χ0) is 66.3. The Morgan fingerprint density at radius 2 is 0.527 bits per heavy atom. The first-order valence-electron chi connectivity index (χ1n) is 35.1. The summed E-state index contributed by atoms with van der Waals surface area (Å²) in [5.41, 5.74) is 28.7. The van der Waals surface area contributed by atoms with Gasteiger partial charge in [-0.15, -0.1) is 0 Å². The molecule has 0 aromatic heterocycles. The van der Waals surface area contributed by atoms with E-state index in [-0.39, 0.29) is 83.5 Å². The van der Waals surface area contributed by atoms with Crippen molar-refractivity contribution in [3.63, 3.8) is 0 Å². The number of carbonyl (C=O) groups excluding carboxylic acids is 9. The predicted molar refractivity (Wildman–Crippen MR) is 348 cm³/mol. The van der Waals surface area contributed by atoms with Crippen LogP contribution in [0.25, 0.3) is 0 Å². The van der Waals surface area contributed by atoms with Gasteiger partial charge in [-0.2, -0.15) is 0 Å². The normalized spacial score (nSPS) is 20.7. The third kappa shape index (κ3) is 22.6. The van der Waals surface area contributed by atoms with Gasteiger partial charge in [0.15, 0.2) is 0 Å². The van der Waals surface area contributed by atoms with Crippen LogP contribution >= 0.6 is 0 Å². The van der Waals surface area contributed by atoms with Gasteiger partial charge in [-0.3, -0.25) is 43.2 Å². The van der Waals surface area contributed by atoms with Gasteiger partial charge in [0.25, 0.3) is 0 Å². The largest absolute Gasteiger partial charge is 0.480 e. The van der Waals surface area contributed by atoms with Crippen molar-refractivity contribution in [2.45, 2.75) is 315 Å². The topological polar surface area (TPSA) is 455 Å². The Kier molecular flexibility index (Phi) is 32.3. The molecule has 5 fully saturated rings. The number of carboxylic acids is 1. The number of aliphatic carboxylic acids is 1. The van der Waals surface area contributed by atoms with E-state index in [2.05, 4.69) is 47.9 Å². The molecule has 0 bridgehead atoms. The van der Waals surface area contributed by atoms with Gasteiger partial charge in [-0.1, -0.05) is 96.3 Å². The molecule has 5 saturated carbocycles. The van der Waals surface area contributed by atoms with E-state index in [1.807, 2.05) is 0 Å². The van der Waals surface area contributed by atoms with E-state index in [1.54, 1.807) is 0 Å². The van der Waals surface area contributed by atoms with Crippen LogP contribution in [0.4, 0.5) is 0 Å². The standard InChI is InChI=1S/C65H117N15O11/c66-41-21-6-26-46(74-56(87)61(71)31-11-1-12-32-61)51(81)72-48(28-8-23-43-68)53(83)77-64(37-17-4-18-38-64)59(90)80-63(35-15-3-16-36-63)58(89)76-49(29-9-24-44-69)54(84)78-65(39-19-5-20-40-65)60(91)79-62(33-13-2-14-34-62)57(88)75-47(27-7-22-42-67)52(82)73-50(55(85)86)30-10-25-45-70/h46-50H,1-45,66-71H2,(H,72,81)(H,73,82)(H,74,87)(H,75,88)(H,76,89)(H,77,83)(H,78,84)(H,79,91)(H,80,90)(H,85,86)/t46-,47-,48-,49-,50-/m0/s1. The van der Waals surface area contributed by atoms with Crippen LogP contribution in [0.2, 0.25) is 0 Å². The molecule has 0 aliphatic heterocycles. The lowest BCUT2D eigenvalue weighted by Gasteiger charge is -2.44. The molecule has 0 spiro atoms. The molecular formula is C65H117N15O11. The molecule has 26 heteroatoms. The molecule has 5 aliphatic carbocycles. The minimum absolute atomic E-state index is 0.147. The van der Waals surface area contributed by atoms with E-state index >= 15 is 19.2 Å². The van der Waals surface area contributed by atoms with E-state index in [4.69, 9.17) is 34.4 Å². The quantitative estimate of drug-likeness (QED) is 0.0392. The first kappa shape index (κ1) is 76.2. The van der Waals surface area contributed by atoms with Crippen molar-refractivity contribution in [2.75, 3.05) is 32.7 Å². The van der Waals surface area contributed by atoms with Crippen LogP contribution in [0.15, 0.2) is 0 Å². The highest BCUT2D eigenvalue weighted by Crippen LogP contribution is 2.36. The van der Waals surface area contributed by atoms with Gasteiger partial charge >= 0.3 is 5.97 Å². The van der Waals surface area contributed by atoms with Gasteiger partial charge in [-0.05, 0) is 193 Å². The second kappa shape index (κ2) is 38.6. The van der Waals surface area contributed by atoms with E-state index in [1.165, 1.54) is 0 Å². The highest BCUT2D eigenvalue weighted by Gasteiger charge is 2.52. The van der Waals surface area contributed by atoms with Gasteiger partial charge in [0.05, 0.1) is 5.54 Å². The Morgan fingerprint density at radius 3 is 0.824 bits per heavy atom. The summed E-state index contributed by atoms with van der Waals surface area (Å²) >= 11 is 0. The molecule has 0 heterocycles. The fraction of sp³-hybridized carbons (Fsp3) is 0.846. The molecule has 91 heavy (non-hydrogen) atoms. The van der Waals surface area contributed by atoms with Gasteiger partial charge in [-0.25, -0.2) is 4.79 Å². The second-order valence-electron chi connectivity index (χ2n) is 27.1. The van der Waals surface area contributed by atoms with Gasteiger partial charge < -0.3 is 87.4 Å². The van der Waals surface area contributed by atoms with Crippen molar-refractivity contribution in [2.24, 2.45) is 34.4 Å². The summed E-state index contributed by atoms with van der Waals surface area (Å²) in [5.74, 6) is -6.33. The summed E-state index contributed by atoms with van der Waals surface area (Å²) in [7, 11) is 0. The number of nitrogens with two attached hydrogens (primary N) is 6. The first-order chi connectivity index (χ1) is 43.7. The lowest BCUT2D eigenvalue weighted by Crippen LogP contribution is -2.71. The Labute approximate surface area is 539 Å². The van der Waals surface area contributed by atoms with Crippen LogP contribution in [0.5, 0.6) is 0 Å². The molecule has 0 aromatic rings. The smallest absolute Gasteiger partial charge is 0.326 e. The molecule has 9 amide bonds. The molecule has 0 unspecified atom stereocenters. The third-order valence-electron chi connectivity index (χ3n) is 20.0.